The average molecular weight is 321 g/mol. The normalized spacial score (nSPS) is 12.6. The van der Waals surface area contributed by atoms with Gasteiger partial charge in [0.05, 0.1) is 5.69 Å². The van der Waals surface area contributed by atoms with Crippen molar-refractivity contribution in [1.29, 1.82) is 0 Å². The highest BCUT2D eigenvalue weighted by atomic mass is 79.9. The van der Waals surface area contributed by atoms with Crippen LogP contribution >= 0.6 is 15.9 Å². The lowest BCUT2D eigenvalue weighted by atomic mass is 9.95. The van der Waals surface area contributed by atoms with Crippen LogP contribution in [0.1, 0.15) is 35.4 Å². The molecule has 3 heteroatoms. The second-order valence-corrected chi connectivity index (χ2v) is 5.72. The minimum absolute atomic E-state index is 0.500. The van der Waals surface area contributed by atoms with E-state index in [1.807, 2.05) is 11.7 Å². The summed E-state index contributed by atoms with van der Waals surface area (Å²) in [5.41, 5.74) is 5.21. The number of hydrogen-bond donors (Lipinski definition) is 0. The lowest BCUT2D eigenvalue weighted by Crippen LogP contribution is -2.08. The van der Waals surface area contributed by atoms with E-state index in [0.29, 0.717) is 5.92 Å². The van der Waals surface area contributed by atoms with E-state index < -0.39 is 0 Å². The largest absolute Gasteiger partial charge is 0.272 e. The molecule has 0 fully saturated rings. The topological polar surface area (TPSA) is 17.8 Å². The van der Waals surface area contributed by atoms with Crippen molar-refractivity contribution in [2.45, 2.75) is 32.6 Å². The van der Waals surface area contributed by atoms with E-state index in [2.05, 4.69) is 65.2 Å². The molecule has 0 aliphatic heterocycles. The van der Waals surface area contributed by atoms with Gasteiger partial charge in [0.1, 0.15) is 0 Å². The molecule has 1 atom stereocenters. The van der Waals surface area contributed by atoms with Crippen LogP contribution < -0.4 is 0 Å². The number of alkyl halides is 1. The third kappa shape index (κ3) is 3.47. The molecule has 19 heavy (non-hydrogen) atoms. The second-order valence-electron chi connectivity index (χ2n) is 5.07. The average Bonchev–Trinajstić information content (AvgIpc) is 2.76. The van der Waals surface area contributed by atoms with Crippen LogP contribution in [0.5, 0.6) is 0 Å². The van der Waals surface area contributed by atoms with E-state index in [-0.39, 0.29) is 0 Å². The minimum Gasteiger partial charge on any atom is -0.272 e. The smallest absolute Gasteiger partial charge is 0.0624 e. The Kier molecular flexibility index (Phi) is 4.81. The summed E-state index contributed by atoms with van der Waals surface area (Å²) in [4.78, 5) is 0. The molecule has 0 aliphatic rings. The highest BCUT2D eigenvalue weighted by molar-refractivity contribution is 9.09. The molecule has 102 valence electrons. The van der Waals surface area contributed by atoms with E-state index in [9.17, 15) is 0 Å². The zero-order valence-corrected chi connectivity index (χ0v) is 13.4. The summed E-state index contributed by atoms with van der Waals surface area (Å²) < 4.78 is 2.02. The third-order valence-corrected chi connectivity index (χ3v) is 4.33. The van der Waals surface area contributed by atoms with Gasteiger partial charge in [-0.25, -0.2) is 0 Å². The zero-order valence-electron chi connectivity index (χ0n) is 11.9. The van der Waals surface area contributed by atoms with Gasteiger partial charge in [-0.3, -0.25) is 4.68 Å². The monoisotopic (exact) mass is 320 g/mol. The fraction of sp³-hybridized carbons (Fsp3) is 0.438. The molecule has 2 nitrogen and oxygen atoms in total. The summed E-state index contributed by atoms with van der Waals surface area (Å²) in [7, 11) is 2.04. The standard InChI is InChI=1S/C16H21BrN2/c1-4-15-10-16(19(3)18-15)9-14(11-17)13-7-5-6-12(2)8-13/h5-8,10,14H,4,9,11H2,1-3H3. The van der Waals surface area contributed by atoms with Gasteiger partial charge in [0.15, 0.2) is 0 Å². The molecule has 2 aromatic rings. The van der Waals surface area contributed by atoms with E-state index in [4.69, 9.17) is 0 Å². The Hall–Kier alpha value is -1.09. The predicted octanol–water partition coefficient (Wildman–Crippen LogP) is 4.01. The van der Waals surface area contributed by atoms with E-state index in [0.717, 1.165) is 18.2 Å². The highest BCUT2D eigenvalue weighted by Crippen LogP contribution is 2.24. The number of rotatable bonds is 5. The highest BCUT2D eigenvalue weighted by Gasteiger charge is 2.14. The molecule has 0 radical (unpaired) electrons. The lowest BCUT2D eigenvalue weighted by molar-refractivity contribution is 0.658. The molecular weight excluding hydrogens is 300 g/mol. The molecule has 0 spiro atoms. The van der Waals surface area contributed by atoms with Gasteiger partial charge in [0, 0.05) is 18.1 Å². The van der Waals surface area contributed by atoms with Gasteiger partial charge in [-0.2, -0.15) is 5.10 Å². The van der Waals surface area contributed by atoms with Crippen molar-refractivity contribution in [3.05, 3.63) is 52.8 Å². The molecule has 0 N–H and O–H groups in total. The molecule has 1 heterocycles. The fourth-order valence-corrected chi connectivity index (χ4v) is 2.98. The van der Waals surface area contributed by atoms with Gasteiger partial charge in [-0.05, 0) is 37.3 Å². The Bertz CT molecular complexity index is 545. The fourth-order valence-electron chi connectivity index (χ4n) is 2.37. The van der Waals surface area contributed by atoms with Crippen LogP contribution in [0.4, 0.5) is 0 Å². The van der Waals surface area contributed by atoms with Crippen LogP contribution in [0.3, 0.4) is 0 Å². The van der Waals surface area contributed by atoms with Crippen LogP contribution in [0.15, 0.2) is 30.3 Å². The number of aromatic nitrogens is 2. The van der Waals surface area contributed by atoms with Gasteiger partial charge in [-0.1, -0.05) is 52.7 Å². The van der Waals surface area contributed by atoms with Gasteiger partial charge >= 0.3 is 0 Å². The lowest BCUT2D eigenvalue weighted by Gasteiger charge is -2.15. The third-order valence-electron chi connectivity index (χ3n) is 3.54. The van der Waals surface area contributed by atoms with E-state index >= 15 is 0 Å². The Balaban J connectivity index is 2.21. The SMILES string of the molecule is CCc1cc(CC(CBr)c2cccc(C)c2)n(C)n1. The molecule has 1 unspecified atom stereocenters. The van der Waals surface area contributed by atoms with Gasteiger partial charge < -0.3 is 0 Å². The molecule has 0 amide bonds. The Labute approximate surface area is 124 Å². The molecule has 1 aromatic heterocycles. The summed E-state index contributed by atoms with van der Waals surface area (Å²) >= 11 is 3.65. The van der Waals surface area contributed by atoms with Crippen molar-refractivity contribution >= 4 is 15.9 Å². The summed E-state index contributed by atoms with van der Waals surface area (Å²) in [6.07, 6.45) is 2.02. The Morgan fingerprint density at radius 3 is 2.68 bits per heavy atom. The predicted molar refractivity (Wildman–Crippen MR) is 84.0 cm³/mol. The number of aryl methyl sites for hydroxylation is 3. The number of nitrogens with zero attached hydrogens (tertiary/aromatic N) is 2. The summed E-state index contributed by atoms with van der Waals surface area (Å²) in [6, 6.07) is 11.0. The van der Waals surface area contributed by atoms with Gasteiger partial charge in [-0.15, -0.1) is 0 Å². The summed E-state index contributed by atoms with van der Waals surface area (Å²) in [5.74, 6) is 0.500. The van der Waals surface area contributed by atoms with Crippen LogP contribution in [-0.2, 0) is 19.9 Å². The second kappa shape index (κ2) is 6.38. The van der Waals surface area contributed by atoms with Crippen molar-refractivity contribution in [1.82, 2.24) is 9.78 Å². The van der Waals surface area contributed by atoms with Gasteiger partial charge in [0.25, 0.3) is 0 Å². The molecule has 1 aromatic carbocycles. The van der Waals surface area contributed by atoms with Crippen LogP contribution in [0.25, 0.3) is 0 Å². The quantitative estimate of drug-likeness (QED) is 0.761. The summed E-state index contributed by atoms with van der Waals surface area (Å²) in [5, 5.41) is 5.50. The maximum Gasteiger partial charge on any atom is 0.0624 e. The maximum atomic E-state index is 4.53. The first-order chi connectivity index (χ1) is 9.13. The molecule has 0 saturated carbocycles. The molecular formula is C16H21BrN2. The maximum absolute atomic E-state index is 4.53. The van der Waals surface area contributed by atoms with Crippen molar-refractivity contribution < 1.29 is 0 Å². The first kappa shape index (κ1) is 14.3. The zero-order chi connectivity index (χ0) is 13.8. The molecule has 2 rings (SSSR count). The van der Waals surface area contributed by atoms with E-state index in [1.54, 1.807) is 0 Å². The van der Waals surface area contributed by atoms with Crippen molar-refractivity contribution in [3.63, 3.8) is 0 Å². The van der Waals surface area contributed by atoms with Gasteiger partial charge in [0.2, 0.25) is 0 Å². The first-order valence-electron chi connectivity index (χ1n) is 6.78. The van der Waals surface area contributed by atoms with Crippen LogP contribution in [0.2, 0.25) is 0 Å². The Morgan fingerprint density at radius 1 is 1.32 bits per heavy atom. The van der Waals surface area contributed by atoms with Crippen molar-refractivity contribution in [3.8, 4) is 0 Å². The Morgan fingerprint density at radius 2 is 2.11 bits per heavy atom. The number of halogens is 1. The molecule has 0 saturated heterocycles. The summed E-state index contributed by atoms with van der Waals surface area (Å²) in [6.45, 7) is 4.29. The van der Waals surface area contributed by atoms with Crippen molar-refractivity contribution in [2.24, 2.45) is 7.05 Å². The van der Waals surface area contributed by atoms with Crippen LogP contribution in [0, 0.1) is 6.92 Å². The number of benzene rings is 1. The van der Waals surface area contributed by atoms with E-state index in [1.165, 1.54) is 22.5 Å². The number of hydrogen-bond acceptors (Lipinski definition) is 1. The van der Waals surface area contributed by atoms with Crippen molar-refractivity contribution in [2.75, 3.05) is 5.33 Å². The first-order valence-corrected chi connectivity index (χ1v) is 7.90. The molecule has 0 aliphatic carbocycles. The van der Waals surface area contributed by atoms with Crippen LogP contribution in [-0.4, -0.2) is 15.1 Å². The minimum atomic E-state index is 0.500. The molecule has 0 bridgehead atoms.